The van der Waals surface area contributed by atoms with Gasteiger partial charge in [0, 0.05) is 42.4 Å². The Labute approximate surface area is 233 Å². The number of carbonyl (C=O) groups is 1. The molecule has 0 spiro atoms. The van der Waals surface area contributed by atoms with Crippen LogP contribution in [0.3, 0.4) is 0 Å². The molecule has 1 amide bonds. The minimum atomic E-state index is -2.97. The van der Waals surface area contributed by atoms with Gasteiger partial charge < -0.3 is 14.6 Å². The number of carbonyl (C=O) groups excluding carboxylic acids is 1. The van der Waals surface area contributed by atoms with Gasteiger partial charge in [0.15, 0.2) is 9.84 Å². The molecule has 2 saturated carbocycles. The van der Waals surface area contributed by atoms with Crippen LogP contribution in [0.1, 0.15) is 56.0 Å². The van der Waals surface area contributed by atoms with E-state index in [1.54, 1.807) is 12.3 Å². The number of rotatable bonds is 6. The lowest BCUT2D eigenvalue weighted by Gasteiger charge is -2.30. The standard InChI is InChI=1S/C29H32N6O4S/c1-19-31-13-10-24(32-19)28-33-25(20-6-8-21(9-7-20)35-14-16-40(37,38)17-15-35)26(39-28)22-4-2-3-5-23(22)27(36)34-29(18-30)11-12-29/h6-10,13,22-23H,2-5,11-12,14-17H2,1H3,(H,34,36). The highest BCUT2D eigenvalue weighted by atomic mass is 32.2. The van der Waals surface area contributed by atoms with E-state index in [1.165, 1.54) is 0 Å². The number of anilines is 1. The molecule has 11 heteroatoms. The quantitative estimate of drug-likeness (QED) is 0.476. The first kappa shape index (κ1) is 26.4. The Balaban J connectivity index is 1.35. The van der Waals surface area contributed by atoms with Gasteiger partial charge in [-0.2, -0.15) is 5.26 Å². The topological polar surface area (TPSA) is 142 Å². The summed E-state index contributed by atoms with van der Waals surface area (Å²) in [5.74, 6) is 1.35. The minimum Gasteiger partial charge on any atom is -0.439 e. The number of aryl methyl sites for hydroxylation is 1. The van der Waals surface area contributed by atoms with Gasteiger partial charge in [-0.3, -0.25) is 4.79 Å². The Morgan fingerprint density at radius 2 is 1.82 bits per heavy atom. The highest BCUT2D eigenvalue weighted by molar-refractivity contribution is 7.91. The fourth-order valence-electron chi connectivity index (χ4n) is 5.75. The molecule has 3 aromatic rings. The number of hydrogen-bond acceptors (Lipinski definition) is 9. The van der Waals surface area contributed by atoms with Gasteiger partial charge in [-0.1, -0.05) is 25.0 Å². The number of hydrogen-bond donors (Lipinski definition) is 1. The van der Waals surface area contributed by atoms with Crippen LogP contribution in [0.2, 0.25) is 0 Å². The van der Waals surface area contributed by atoms with Crippen LogP contribution in [-0.2, 0) is 14.6 Å². The normalized spacial score (nSPS) is 23.2. The molecular formula is C29H32N6O4S. The van der Waals surface area contributed by atoms with Crippen LogP contribution in [0.4, 0.5) is 5.69 Å². The second kappa shape index (κ2) is 10.3. The number of nitrogens with zero attached hydrogens (tertiary/aromatic N) is 5. The van der Waals surface area contributed by atoms with Crippen LogP contribution in [0, 0.1) is 24.2 Å². The highest BCUT2D eigenvalue weighted by Gasteiger charge is 2.47. The fraction of sp³-hybridized carbons (Fsp3) is 0.483. The van der Waals surface area contributed by atoms with E-state index in [1.807, 2.05) is 31.2 Å². The molecule has 2 aliphatic carbocycles. The molecule has 0 bridgehead atoms. The number of aromatic nitrogens is 3. The summed E-state index contributed by atoms with van der Waals surface area (Å²) in [6.07, 6.45) is 6.45. The fourth-order valence-corrected chi connectivity index (χ4v) is 6.95. The molecule has 40 heavy (non-hydrogen) atoms. The van der Waals surface area contributed by atoms with E-state index in [-0.39, 0.29) is 29.2 Å². The monoisotopic (exact) mass is 560 g/mol. The molecule has 3 aliphatic rings. The zero-order valence-corrected chi connectivity index (χ0v) is 23.3. The highest BCUT2D eigenvalue weighted by Crippen LogP contribution is 2.45. The van der Waals surface area contributed by atoms with E-state index in [9.17, 15) is 18.5 Å². The first-order chi connectivity index (χ1) is 19.3. The number of benzene rings is 1. The van der Waals surface area contributed by atoms with Crippen LogP contribution in [-0.4, -0.2) is 59.4 Å². The first-order valence-corrected chi connectivity index (χ1v) is 15.7. The van der Waals surface area contributed by atoms with Gasteiger partial charge in [-0.15, -0.1) is 0 Å². The van der Waals surface area contributed by atoms with Crippen LogP contribution in [0.25, 0.3) is 22.8 Å². The third-order valence-corrected chi connectivity index (χ3v) is 9.87. The summed E-state index contributed by atoms with van der Waals surface area (Å²) in [7, 11) is -2.97. The summed E-state index contributed by atoms with van der Waals surface area (Å²) in [5, 5.41) is 12.5. The zero-order chi connectivity index (χ0) is 27.9. The van der Waals surface area contributed by atoms with E-state index in [0.29, 0.717) is 54.8 Å². The van der Waals surface area contributed by atoms with Gasteiger partial charge in [0.1, 0.15) is 28.5 Å². The maximum absolute atomic E-state index is 13.4. The van der Waals surface area contributed by atoms with Crippen molar-refractivity contribution in [1.29, 1.82) is 5.26 Å². The number of nitrogens with one attached hydrogen (secondary N) is 1. The van der Waals surface area contributed by atoms with Crippen molar-refractivity contribution in [2.24, 2.45) is 5.92 Å². The largest absolute Gasteiger partial charge is 0.439 e. The summed E-state index contributed by atoms with van der Waals surface area (Å²) in [6, 6.07) is 11.9. The minimum absolute atomic E-state index is 0.0964. The molecule has 2 aromatic heterocycles. The van der Waals surface area contributed by atoms with Gasteiger partial charge in [-0.25, -0.2) is 23.4 Å². The van der Waals surface area contributed by atoms with Gasteiger partial charge in [0.2, 0.25) is 11.8 Å². The molecule has 2 atom stereocenters. The summed E-state index contributed by atoms with van der Waals surface area (Å²) in [6.45, 7) is 2.75. The summed E-state index contributed by atoms with van der Waals surface area (Å²) in [5.41, 5.74) is 2.33. The Morgan fingerprint density at radius 3 is 2.50 bits per heavy atom. The SMILES string of the molecule is Cc1nccc(-c2nc(-c3ccc(N4CCS(=O)(=O)CC4)cc3)c(C3CCCCC3C(=O)NC3(C#N)CC3)o2)n1. The Morgan fingerprint density at radius 1 is 1.10 bits per heavy atom. The molecule has 1 aromatic carbocycles. The van der Waals surface area contributed by atoms with E-state index in [2.05, 4.69) is 26.3 Å². The van der Waals surface area contributed by atoms with Gasteiger partial charge in [0.25, 0.3) is 0 Å². The number of oxazole rings is 1. The second-order valence-corrected chi connectivity index (χ2v) is 13.4. The Kier molecular flexibility index (Phi) is 6.82. The molecule has 1 N–H and O–H groups in total. The Bertz CT molecular complexity index is 1560. The number of nitriles is 1. The molecule has 1 saturated heterocycles. The maximum atomic E-state index is 13.4. The van der Waals surface area contributed by atoms with Gasteiger partial charge >= 0.3 is 0 Å². The summed E-state index contributed by atoms with van der Waals surface area (Å²) >= 11 is 0. The van der Waals surface area contributed by atoms with E-state index in [4.69, 9.17) is 9.40 Å². The predicted molar refractivity (Wildman–Crippen MR) is 149 cm³/mol. The predicted octanol–water partition coefficient (Wildman–Crippen LogP) is 3.79. The van der Waals surface area contributed by atoms with Crippen LogP contribution in [0.5, 0.6) is 0 Å². The van der Waals surface area contributed by atoms with Crippen molar-refractivity contribution in [3.8, 4) is 28.9 Å². The van der Waals surface area contributed by atoms with Crippen molar-refractivity contribution in [2.75, 3.05) is 29.5 Å². The van der Waals surface area contributed by atoms with E-state index >= 15 is 0 Å². The zero-order valence-electron chi connectivity index (χ0n) is 22.5. The van der Waals surface area contributed by atoms with Crippen molar-refractivity contribution < 1.29 is 17.6 Å². The third kappa shape index (κ3) is 5.32. The lowest BCUT2D eigenvalue weighted by atomic mass is 9.76. The third-order valence-electron chi connectivity index (χ3n) is 8.26. The molecule has 208 valence electrons. The molecule has 3 heterocycles. The van der Waals surface area contributed by atoms with Crippen molar-refractivity contribution in [3.63, 3.8) is 0 Å². The van der Waals surface area contributed by atoms with Crippen LogP contribution < -0.4 is 10.2 Å². The average molecular weight is 561 g/mol. The van der Waals surface area contributed by atoms with Crippen LogP contribution in [0.15, 0.2) is 40.9 Å². The second-order valence-electron chi connectivity index (χ2n) is 11.1. The molecule has 2 unspecified atom stereocenters. The molecule has 3 fully saturated rings. The van der Waals surface area contributed by atoms with Crippen molar-refractivity contribution in [2.45, 2.75) is 56.9 Å². The summed E-state index contributed by atoms with van der Waals surface area (Å²) < 4.78 is 30.2. The lowest BCUT2D eigenvalue weighted by Crippen LogP contribution is -2.42. The van der Waals surface area contributed by atoms with Crippen LogP contribution >= 0.6 is 0 Å². The average Bonchev–Trinajstić information content (AvgIpc) is 3.59. The lowest BCUT2D eigenvalue weighted by molar-refractivity contribution is -0.127. The molecule has 10 nitrogen and oxygen atoms in total. The molecule has 0 radical (unpaired) electrons. The maximum Gasteiger partial charge on any atom is 0.246 e. The van der Waals surface area contributed by atoms with Gasteiger partial charge in [0.05, 0.1) is 17.6 Å². The number of amides is 1. The first-order valence-electron chi connectivity index (χ1n) is 13.9. The van der Waals surface area contributed by atoms with Crippen molar-refractivity contribution in [1.82, 2.24) is 20.3 Å². The molecular weight excluding hydrogens is 528 g/mol. The molecule has 1 aliphatic heterocycles. The van der Waals surface area contributed by atoms with Crippen molar-refractivity contribution >= 4 is 21.4 Å². The van der Waals surface area contributed by atoms with E-state index in [0.717, 1.165) is 36.9 Å². The van der Waals surface area contributed by atoms with Gasteiger partial charge in [-0.05, 0) is 50.8 Å². The Hall–Kier alpha value is -3.78. The van der Waals surface area contributed by atoms with Crippen molar-refractivity contribution in [3.05, 3.63) is 48.1 Å². The van der Waals surface area contributed by atoms with E-state index < -0.39 is 15.4 Å². The summed E-state index contributed by atoms with van der Waals surface area (Å²) in [4.78, 5) is 29.1. The smallest absolute Gasteiger partial charge is 0.246 e. The molecule has 6 rings (SSSR count). The number of sulfone groups is 1.